The molecule has 0 saturated carbocycles. The molecule has 1 aliphatic heterocycles. The Hall–Kier alpha value is -2.47. The second-order valence-corrected chi connectivity index (χ2v) is 8.69. The number of amides is 1. The predicted molar refractivity (Wildman–Crippen MR) is 108 cm³/mol. The number of rotatable bonds is 5. The molecule has 0 radical (unpaired) electrons. The zero-order valence-electron chi connectivity index (χ0n) is 16.1. The van der Waals surface area contributed by atoms with Gasteiger partial charge in [-0.15, -0.1) is 11.3 Å². The average molecular weight is 397 g/mol. The number of esters is 1. The SMILES string of the molecule is CC[C@H]1CCc2sc(C(=O)OCC(=O)c3ccc4c(c3)CC(=O)N4C)cc2C1. The first kappa shape index (κ1) is 18.9. The minimum atomic E-state index is -0.433. The molecule has 0 unspecified atom stereocenters. The first-order chi connectivity index (χ1) is 13.5. The molecule has 28 heavy (non-hydrogen) atoms. The second kappa shape index (κ2) is 7.51. The fourth-order valence-corrected chi connectivity index (χ4v) is 5.08. The predicted octanol–water partition coefficient (Wildman–Crippen LogP) is 3.82. The van der Waals surface area contributed by atoms with Gasteiger partial charge < -0.3 is 9.64 Å². The number of aryl methyl sites for hydroxylation is 1. The van der Waals surface area contributed by atoms with Crippen LogP contribution in [0.4, 0.5) is 5.69 Å². The van der Waals surface area contributed by atoms with E-state index in [0.717, 1.165) is 30.5 Å². The van der Waals surface area contributed by atoms with Crippen molar-refractivity contribution in [2.24, 2.45) is 5.92 Å². The Balaban J connectivity index is 1.39. The van der Waals surface area contributed by atoms with Crippen LogP contribution >= 0.6 is 11.3 Å². The van der Waals surface area contributed by atoms with Gasteiger partial charge in [-0.25, -0.2) is 4.79 Å². The normalized spacial score (nSPS) is 18.0. The number of nitrogens with zero attached hydrogens (tertiary/aromatic N) is 1. The number of thiophene rings is 1. The fourth-order valence-electron chi connectivity index (χ4n) is 3.98. The lowest BCUT2D eigenvalue weighted by Crippen LogP contribution is -2.20. The summed E-state index contributed by atoms with van der Waals surface area (Å²) in [7, 11) is 1.72. The summed E-state index contributed by atoms with van der Waals surface area (Å²) in [5.74, 6) is 0.0127. The summed E-state index contributed by atoms with van der Waals surface area (Å²) >= 11 is 1.49. The molecule has 0 fully saturated rings. The van der Waals surface area contributed by atoms with Crippen molar-refractivity contribution in [2.45, 2.75) is 39.0 Å². The molecule has 1 atom stereocenters. The maximum absolute atomic E-state index is 12.4. The third-order valence-electron chi connectivity index (χ3n) is 5.78. The van der Waals surface area contributed by atoms with Crippen LogP contribution in [0.2, 0.25) is 0 Å². The molecule has 0 N–H and O–H groups in total. The van der Waals surface area contributed by atoms with Gasteiger partial charge in [0.2, 0.25) is 5.91 Å². The lowest BCUT2D eigenvalue weighted by molar-refractivity contribution is -0.117. The standard InChI is InChI=1S/C22H23NO4S/c1-3-13-4-7-19-16(8-13)10-20(28-19)22(26)27-12-18(24)14-5-6-17-15(9-14)11-21(25)23(17)2/h5-6,9-10,13H,3-4,7-8,11-12H2,1-2H3/t13-/m0/s1. The van der Waals surface area contributed by atoms with Crippen molar-refractivity contribution in [1.82, 2.24) is 0 Å². The number of benzene rings is 1. The number of ether oxygens (including phenoxy) is 1. The molecule has 2 aliphatic rings. The first-order valence-corrected chi connectivity index (χ1v) is 10.5. The second-order valence-electron chi connectivity index (χ2n) is 7.55. The number of ketones is 1. The number of carbonyl (C=O) groups excluding carboxylic acids is 3. The molecule has 146 valence electrons. The van der Waals surface area contributed by atoms with Crippen LogP contribution in [0.25, 0.3) is 0 Å². The summed E-state index contributed by atoms with van der Waals surface area (Å²) < 4.78 is 5.28. The van der Waals surface area contributed by atoms with Crippen LogP contribution in [0.1, 0.15) is 55.8 Å². The van der Waals surface area contributed by atoms with Gasteiger partial charge in [0.25, 0.3) is 0 Å². The van der Waals surface area contributed by atoms with Gasteiger partial charge in [-0.3, -0.25) is 9.59 Å². The third-order valence-corrected chi connectivity index (χ3v) is 6.99. The van der Waals surface area contributed by atoms with Crippen molar-refractivity contribution < 1.29 is 19.1 Å². The van der Waals surface area contributed by atoms with Crippen LogP contribution in [0.15, 0.2) is 24.3 Å². The zero-order chi connectivity index (χ0) is 19.8. The van der Waals surface area contributed by atoms with Crippen LogP contribution in [-0.2, 0) is 28.8 Å². The minimum absolute atomic E-state index is 0.0120. The van der Waals surface area contributed by atoms with E-state index in [9.17, 15) is 14.4 Å². The zero-order valence-corrected chi connectivity index (χ0v) is 16.9. The largest absolute Gasteiger partial charge is 0.453 e. The molecule has 2 aromatic rings. The van der Waals surface area contributed by atoms with Crippen molar-refractivity contribution in [3.63, 3.8) is 0 Å². The number of hydrogen-bond donors (Lipinski definition) is 0. The molecular formula is C22H23NO4S. The van der Waals surface area contributed by atoms with E-state index < -0.39 is 5.97 Å². The van der Waals surface area contributed by atoms with E-state index in [1.54, 1.807) is 30.1 Å². The fraction of sp³-hybridized carbons (Fsp3) is 0.409. The molecule has 1 aromatic heterocycles. The summed E-state index contributed by atoms with van der Waals surface area (Å²) in [4.78, 5) is 40.1. The number of Topliss-reactive ketones (excluding diaryl/α,β-unsaturated/α-hetero) is 1. The maximum atomic E-state index is 12.4. The van der Waals surface area contributed by atoms with E-state index in [1.807, 2.05) is 6.07 Å². The molecule has 2 heterocycles. The quantitative estimate of drug-likeness (QED) is 0.568. The molecule has 5 nitrogen and oxygen atoms in total. The van der Waals surface area contributed by atoms with Crippen LogP contribution in [0, 0.1) is 5.92 Å². The van der Waals surface area contributed by atoms with E-state index in [-0.39, 0.29) is 18.3 Å². The molecule has 0 bridgehead atoms. The summed E-state index contributed by atoms with van der Waals surface area (Å²) in [5.41, 5.74) is 3.38. The highest BCUT2D eigenvalue weighted by Gasteiger charge is 2.26. The van der Waals surface area contributed by atoms with Gasteiger partial charge in [-0.1, -0.05) is 13.3 Å². The first-order valence-electron chi connectivity index (χ1n) is 9.67. The highest BCUT2D eigenvalue weighted by Crippen LogP contribution is 2.34. The third kappa shape index (κ3) is 3.49. The van der Waals surface area contributed by atoms with E-state index in [1.165, 1.54) is 28.2 Å². The topological polar surface area (TPSA) is 63.7 Å². The Morgan fingerprint density at radius 2 is 2.07 bits per heavy atom. The number of likely N-dealkylation sites (N-methyl/N-ethyl adjacent to an activating group) is 1. The lowest BCUT2D eigenvalue weighted by atomic mass is 9.87. The Morgan fingerprint density at radius 3 is 2.86 bits per heavy atom. The highest BCUT2D eigenvalue weighted by molar-refractivity contribution is 7.14. The molecular weight excluding hydrogens is 374 g/mol. The summed E-state index contributed by atoms with van der Waals surface area (Å²) in [5, 5.41) is 0. The molecule has 1 aliphatic carbocycles. The Morgan fingerprint density at radius 1 is 1.25 bits per heavy atom. The van der Waals surface area contributed by atoms with E-state index >= 15 is 0 Å². The van der Waals surface area contributed by atoms with E-state index in [0.29, 0.717) is 22.8 Å². The molecule has 4 rings (SSSR count). The van der Waals surface area contributed by atoms with Crippen molar-refractivity contribution in [1.29, 1.82) is 0 Å². The molecule has 0 saturated heterocycles. The molecule has 1 aromatic carbocycles. The van der Waals surface area contributed by atoms with E-state index in [2.05, 4.69) is 6.92 Å². The smallest absolute Gasteiger partial charge is 0.348 e. The highest BCUT2D eigenvalue weighted by atomic mass is 32.1. The Kier molecular flexibility index (Phi) is 5.06. The van der Waals surface area contributed by atoms with E-state index in [4.69, 9.17) is 4.74 Å². The van der Waals surface area contributed by atoms with Gasteiger partial charge >= 0.3 is 5.97 Å². The van der Waals surface area contributed by atoms with Gasteiger partial charge in [0.05, 0.1) is 6.42 Å². The number of carbonyl (C=O) groups is 3. The number of anilines is 1. The molecule has 6 heteroatoms. The van der Waals surface area contributed by atoms with Gasteiger partial charge in [0, 0.05) is 23.2 Å². The number of hydrogen-bond acceptors (Lipinski definition) is 5. The molecule has 1 amide bonds. The van der Waals surface area contributed by atoms with Gasteiger partial charge in [-0.2, -0.15) is 0 Å². The van der Waals surface area contributed by atoms with Crippen molar-refractivity contribution in [2.75, 3.05) is 18.6 Å². The summed E-state index contributed by atoms with van der Waals surface area (Å²) in [6.07, 6.45) is 4.68. The van der Waals surface area contributed by atoms with Crippen LogP contribution in [-0.4, -0.2) is 31.3 Å². The summed E-state index contributed by atoms with van der Waals surface area (Å²) in [6, 6.07) is 7.11. The monoisotopic (exact) mass is 397 g/mol. The van der Waals surface area contributed by atoms with Gasteiger partial charge in [-0.05, 0) is 60.6 Å². The van der Waals surface area contributed by atoms with Crippen molar-refractivity contribution >= 4 is 34.7 Å². The van der Waals surface area contributed by atoms with Gasteiger partial charge in [0.15, 0.2) is 12.4 Å². The van der Waals surface area contributed by atoms with Crippen LogP contribution in [0.3, 0.4) is 0 Å². The van der Waals surface area contributed by atoms with Crippen molar-refractivity contribution in [3.05, 3.63) is 50.7 Å². The lowest BCUT2D eigenvalue weighted by Gasteiger charge is -2.19. The number of fused-ring (bicyclic) bond motifs is 2. The van der Waals surface area contributed by atoms with Crippen LogP contribution < -0.4 is 4.90 Å². The summed E-state index contributed by atoms with van der Waals surface area (Å²) in [6.45, 7) is 1.91. The maximum Gasteiger partial charge on any atom is 0.348 e. The van der Waals surface area contributed by atoms with Gasteiger partial charge in [0.1, 0.15) is 4.88 Å². The Bertz CT molecular complexity index is 961. The minimum Gasteiger partial charge on any atom is -0.453 e. The van der Waals surface area contributed by atoms with Crippen molar-refractivity contribution in [3.8, 4) is 0 Å². The molecule has 0 spiro atoms. The average Bonchev–Trinajstić information content (AvgIpc) is 3.25. The Labute approximate surface area is 168 Å². The van der Waals surface area contributed by atoms with Crippen LogP contribution in [0.5, 0.6) is 0 Å².